The molecule has 0 aliphatic carbocycles. The van der Waals surface area contributed by atoms with E-state index < -0.39 is 0 Å². The molecule has 0 spiro atoms. The summed E-state index contributed by atoms with van der Waals surface area (Å²) in [5, 5.41) is 0. The third kappa shape index (κ3) is 5.85. The number of amides is 2. The lowest BCUT2D eigenvalue weighted by atomic mass is 10.2. The number of rotatable bonds is 8. The van der Waals surface area contributed by atoms with Crippen molar-refractivity contribution < 1.29 is 9.59 Å². The summed E-state index contributed by atoms with van der Waals surface area (Å²) in [7, 11) is 0. The number of alkyl halides is 1. The number of nitrogens with zero attached hydrogens (tertiary/aromatic N) is 2. The predicted octanol–water partition coefficient (Wildman–Crippen LogP) is 4.06. The smallest absolute Gasteiger partial charge is 0.242 e. The van der Waals surface area contributed by atoms with Crippen LogP contribution in [-0.2, 0) is 22.7 Å². The summed E-state index contributed by atoms with van der Waals surface area (Å²) in [6, 6.07) is 13.9. The number of hydrogen-bond donors (Lipinski definition) is 0. The van der Waals surface area contributed by atoms with Gasteiger partial charge in [0.1, 0.15) is 12.4 Å². The number of hydrogen-bond acceptors (Lipinski definition) is 3. The second-order valence-corrected chi connectivity index (χ2v) is 8.14. The Morgan fingerprint density at radius 3 is 2.27 bits per heavy atom. The van der Waals surface area contributed by atoms with Crippen LogP contribution in [0.5, 0.6) is 0 Å². The third-order valence-corrected chi connectivity index (χ3v) is 5.29. The number of halogens is 1. The molecule has 1 aromatic heterocycles. The molecule has 4 nitrogen and oxygen atoms in total. The van der Waals surface area contributed by atoms with Gasteiger partial charge >= 0.3 is 0 Å². The Kier molecular flexibility index (Phi) is 7.66. The minimum atomic E-state index is -0.221. The van der Waals surface area contributed by atoms with Crippen LogP contribution in [-0.4, -0.2) is 40.1 Å². The van der Waals surface area contributed by atoms with Crippen LogP contribution in [0.25, 0.3) is 0 Å². The topological polar surface area (TPSA) is 40.6 Å². The zero-order chi connectivity index (χ0) is 19.1. The van der Waals surface area contributed by atoms with E-state index in [9.17, 15) is 9.59 Å². The van der Waals surface area contributed by atoms with Gasteiger partial charge in [0.25, 0.3) is 0 Å². The van der Waals surface area contributed by atoms with Gasteiger partial charge in [-0.25, -0.2) is 0 Å². The first kappa shape index (κ1) is 20.5. The number of benzene rings is 1. The van der Waals surface area contributed by atoms with Crippen LogP contribution in [0.3, 0.4) is 0 Å². The summed E-state index contributed by atoms with van der Waals surface area (Å²) in [4.78, 5) is 30.7. The zero-order valence-corrected chi connectivity index (χ0v) is 17.0. The van der Waals surface area contributed by atoms with Crippen LogP contribution in [0.1, 0.15) is 29.2 Å². The monoisotopic (exact) mass is 392 g/mol. The van der Waals surface area contributed by atoms with Crippen LogP contribution in [0.2, 0.25) is 0 Å². The molecule has 2 rings (SSSR count). The fraction of sp³-hybridized carbons (Fsp3) is 0.400. The normalized spacial score (nSPS) is 10.8. The lowest BCUT2D eigenvalue weighted by molar-refractivity contribution is -0.141. The van der Waals surface area contributed by atoms with Crippen molar-refractivity contribution in [2.45, 2.75) is 39.9 Å². The second-order valence-electron chi connectivity index (χ2n) is 6.50. The van der Waals surface area contributed by atoms with E-state index in [1.165, 1.54) is 9.78 Å². The van der Waals surface area contributed by atoms with E-state index in [1.807, 2.05) is 44.2 Å². The van der Waals surface area contributed by atoms with Crippen molar-refractivity contribution in [2.24, 2.45) is 0 Å². The van der Waals surface area contributed by atoms with Gasteiger partial charge in [-0.05, 0) is 38.5 Å². The predicted molar refractivity (Wildman–Crippen MR) is 107 cm³/mol. The van der Waals surface area contributed by atoms with Crippen molar-refractivity contribution in [2.75, 3.05) is 12.4 Å². The molecular formula is C20H25ClN2O2S. The van der Waals surface area contributed by atoms with Crippen molar-refractivity contribution in [3.05, 3.63) is 57.8 Å². The van der Waals surface area contributed by atoms with Crippen LogP contribution in [0, 0.1) is 6.92 Å². The molecule has 0 saturated heterocycles. The SMILES string of the molecule is Cc1ccc(CN(Cc2ccccc2)C(=O)CN(C(=O)CCl)C(C)C)s1. The average molecular weight is 393 g/mol. The summed E-state index contributed by atoms with van der Waals surface area (Å²) in [6.45, 7) is 6.92. The largest absolute Gasteiger partial charge is 0.332 e. The standard InChI is InChI=1S/C20H25ClN2O2S/c1-15(2)23(19(24)11-21)14-20(25)22(12-17-7-5-4-6-8-17)13-18-10-9-16(3)26-18/h4-10,15H,11-14H2,1-3H3. The molecule has 6 heteroatoms. The highest BCUT2D eigenvalue weighted by Crippen LogP contribution is 2.19. The summed E-state index contributed by atoms with van der Waals surface area (Å²) in [5.41, 5.74) is 1.06. The summed E-state index contributed by atoms with van der Waals surface area (Å²) >= 11 is 7.39. The Morgan fingerprint density at radius 2 is 1.73 bits per heavy atom. The lowest BCUT2D eigenvalue weighted by Gasteiger charge is -2.29. The van der Waals surface area contributed by atoms with Crippen molar-refractivity contribution in [3.63, 3.8) is 0 Å². The number of aryl methyl sites for hydroxylation is 1. The first-order chi connectivity index (χ1) is 12.4. The highest BCUT2D eigenvalue weighted by atomic mass is 35.5. The van der Waals surface area contributed by atoms with Crippen LogP contribution < -0.4 is 0 Å². The molecule has 2 amide bonds. The Morgan fingerprint density at radius 1 is 1.04 bits per heavy atom. The molecule has 0 bridgehead atoms. The van der Waals surface area contributed by atoms with E-state index in [4.69, 9.17) is 11.6 Å². The Balaban J connectivity index is 2.17. The summed E-state index contributed by atoms with van der Waals surface area (Å²) in [5.74, 6) is -0.414. The second kappa shape index (κ2) is 9.74. The first-order valence-corrected chi connectivity index (χ1v) is 9.98. The minimum absolute atomic E-state index is 0.0421. The van der Waals surface area contributed by atoms with E-state index in [2.05, 4.69) is 19.1 Å². The molecule has 0 aliphatic heterocycles. The van der Waals surface area contributed by atoms with Gasteiger partial charge in [0, 0.05) is 22.3 Å². The van der Waals surface area contributed by atoms with E-state index in [0.29, 0.717) is 13.1 Å². The fourth-order valence-corrected chi connectivity index (χ4v) is 3.74. The lowest BCUT2D eigenvalue weighted by Crippen LogP contribution is -2.46. The maximum atomic E-state index is 13.0. The maximum Gasteiger partial charge on any atom is 0.242 e. The summed E-state index contributed by atoms with van der Waals surface area (Å²) in [6.07, 6.45) is 0. The van der Waals surface area contributed by atoms with E-state index in [0.717, 1.165) is 10.4 Å². The highest BCUT2D eigenvalue weighted by molar-refractivity contribution is 7.11. The van der Waals surface area contributed by atoms with Crippen molar-refractivity contribution in [3.8, 4) is 0 Å². The van der Waals surface area contributed by atoms with Gasteiger partial charge in [0.05, 0.1) is 6.54 Å². The fourth-order valence-electron chi connectivity index (χ4n) is 2.68. The van der Waals surface area contributed by atoms with Crippen molar-refractivity contribution in [1.29, 1.82) is 0 Å². The Bertz CT molecular complexity index is 730. The van der Waals surface area contributed by atoms with Crippen LogP contribution >= 0.6 is 22.9 Å². The molecule has 0 aliphatic rings. The van der Waals surface area contributed by atoms with E-state index >= 15 is 0 Å². The first-order valence-electron chi connectivity index (χ1n) is 8.63. The third-order valence-electron chi connectivity index (χ3n) is 4.08. The zero-order valence-electron chi connectivity index (χ0n) is 15.4. The van der Waals surface area contributed by atoms with E-state index in [1.54, 1.807) is 16.2 Å². The molecule has 1 aromatic carbocycles. The number of carbonyl (C=O) groups is 2. The quantitative estimate of drug-likeness (QED) is 0.635. The molecule has 0 atom stereocenters. The van der Waals surface area contributed by atoms with Gasteiger partial charge in [-0.15, -0.1) is 22.9 Å². The molecule has 0 N–H and O–H groups in total. The van der Waals surface area contributed by atoms with Gasteiger partial charge in [-0.1, -0.05) is 30.3 Å². The average Bonchev–Trinajstić information content (AvgIpc) is 3.03. The molecule has 0 fully saturated rings. The minimum Gasteiger partial charge on any atom is -0.332 e. The molecule has 140 valence electrons. The Labute approximate surface area is 164 Å². The van der Waals surface area contributed by atoms with Gasteiger partial charge < -0.3 is 9.80 Å². The highest BCUT2D eigenvalue weighted by Gasteiger charge is 2.23. The van der Waals surface area contributed by atoms with Gasteiger partial charge in [-0.3, -0.25) is 9.59 Å². The van der Waals surface area contributed by atoms with Crippen molar-refractivity contribution in [1.82, 2.24) is 9.80 Å². The van der Waals surface area contributed by atoms with Gasteiger partial charge in [0.2, 0.25) is 11.8 Å². The van der Waals surface area contributed by atoms with E-state index in [-0.39, 0.29) is 30.3 Å². The van der Waals surface area contributed by atoms with Gasteiger partial charge in [0.15, 0.2) is 0 Å². The maximum absolute atomic E-state index is 13.0. The van der Waals surface area contributed by atoms with Crippen molar-refractivity contribution >= 4 is 34.8 Å². The number of carbonyl (C=O) groups excluding carboxylic acids is 2. The molecule has 0 unspecified atom stereocenters. The van der Waals surface area contributed by atoms with Crippen LogP contribution in [0.15, 0.2) is 42.5 Å². The molecule has 26 heavy (non-hydrogen) atoms. The van der Waals surface area contributed by atoms with Gasteiger partial charge in [-0.2, -0.15) is 0 Å². The number of thiophene rings is 1. The molecular weight excluding hydrogens is 368 g/mol. The molecule has 0 saturated carbocycles. The Hall–Kier alpha value is -1.85. The molecule has 1 heterocycles. The van der Waals surface area contributed by atoms with Crippen LogP contribution in [0.4, 0.5) is 0 Å². The summed E-state index contributed by atoms with van der Waals surface area (Å²) < 4.78 is 0. The molecule has 0 radical (unpaired) electrons. The molecule has 2 aromatic rings.